The molecule has 2 aliphatic rings. The molecule has 3 rings (SSSR count). The summed E-state index contributed by atoms with van der Waals surface area (Å²) < 4.78 is 2.42. The first-order valence-electron chi connectivity index (χ1n) is 7.44. The van der Waals surface area contributed by atoms with Gasteiger partial charge in [0.15, 0.2) is 0 Å². The molecule has 0 saturated heterocycles. The molecule has 3 nitrogen and oxygen atoms in total. The van der Waals surface area contributed by atoms with Crippen molar-refractivity contribution in [3.63, 3.8) is 0 Å². The highest BCUT2D eigenvalue weighted by molar-refractivity contribution is 5.33. The van der Waals surface area contributed by atoms with Gasteiger partial charge in [0.25, 0.3) is 0 Å². The zero-order valence-electron chi connectivity index (χ0n) is 11.8. The second kappa shape index (κ2) is 4.60. The highest BCUT2D eigenvalue weighted by Gasteiger charge is 2.29. The molecule has 1 N–H and O–H groups in total. The van der Waals surface area contributed by atoms with Crippen LogP contribution in [-0.4, -0.2) is 15.6 Å². The Morgan fingerprint density at radius 3 is 2.44 bits per heavy atom. The molecule has 18 heavy (non-hydrogen) atoms. The molecule has 1 aromatic heterocycles. The summed E-state index contributed by atoms with van der Waals surface area (Å²) in [7, 11) is 0. The van der Waals surface area contributed by atoms with Gasteiger partial charge in [0.1, 0.15) is 0 Å². The summed E-state index contributed by atoms with van der Waals surface area (Å²) in [5, 5.41) is 3.58. The van der Waals surface area contributed by atoms with E-state index >= 15 is 0 Å². The number of hydrogen-bond donors (Lipinski definition) is 1. The SMILES string of the molecule is Cc1cn(C2CC(C)CC(C)C2)c(NC2CC2)n1. The maximum absolute atomic E-state index is 4.67. The van der Waals surface area contributed by atoms with E-state index in [2.05, 4.69) is 41.8 Å². The Bertz CT molecular complexity index is 409. The molecule has 2 fully saturated rings. The van der Waals surface area contributed by atoms with Gasteiger partial charge in [-0.3, -0.25) is 0 Å². The highest BCUT2D eigenvalue weighted by Crippen LogP contribution is 2.38. The number of nitrogens with one attached hydrogen (secondary N) is 1. The van der Waals surface area contributed by atoms with Crippen LogP contribution in [0.15, 0.2) is 6.20 Å². The lowest BCUT2D eigenvalue weighted by Gasteiger charge is -2.33. The summed E-state index contributed by atoms with van der Waals surface area (Å²) >= 11 is 0. The second-order valence-electron chi connectivity index (χ2n) is 6.60. The fraction of sp³-hybridized carbons (Fsp3) is 0.800. The van der Waals surface area contributed by atoms with Gasteiger partial charge in [0.2, 0.25) is 5.95 Å². The predicted octanol–water partition coefficient (Wildman–Crippen LogP) is 3.76. The Morgan fingerprint density at radius 1 is 1.17 bits per heavy atom. The Morgan fingerprint density at radius 2 is 1.83 bits per heavy atom. The van der Waals surface area contributed by atoms with Crippen molar-refractivity contribution in [2.45, 2.75) is 65.0 Å². The molecule has 2 atom stereocenters. The highest BCUT2D eigenvalue weighted by atomic mass is 15.2. The fourth-order valence-corrected chi connectivity index (χ4v) is 3.44. The summed E-state index contributed by atoms with van der Waals surface area (Å²) in [4.78, 5) is 4.67. The maximum atomic E-state index is 4.67. The van der Waals surface area contributed by atoms with Crippen molar-refractivity contribution in [1.29, 1.82) is 0 Å². The van der Waals surface area contributed by atoms with Crippen molar-refractivity contribution < 1.29 is 0 Å². The van der Waals surface area contributed by atoms with Crippen molar-refractivity contribution >= 4 is 5.95 Å². The lowest BCUT2D eigenvalue weighted by atomic mass is 9.80. The molecular weight excluding hydrogens is 222 g/mol. The largest absolute Gasteiger partial charge is 0.353 e. The summed E-state index contributed by atoms with van der Waals surface area (Å²) in [6, 6.07) is 1.33. The standard InChI is InChI=1S/C15H25N3/c1-10-6-11(2)8-14(7-10)18-9-12(3)16-15(18)17-13-4-5-13/h9-11,13-14H,4-8H2,1-3H3,(H,16,17). The Balaban J connectivity index is 1.80. The third-order valence-corrected chi connectivity index (χ3v) is 4.31. The van der Waals surface area contributed by atoms with Gasteiger partial charge in [-0.15, -0.1) is 0 Å². The molecule has 2 saturated carbocycles. The molecule has 3 heteroatoms. The average molecular weight is 247 g/mol. The third kappa shape index (κ3) is 2.55. The number of rotatable bonds is 3. The Kier molecular flexibility index (Phi) is 3.08. The lowest BCUT2D eigenvalue weighted by Crippen LogP contribution is -2.23. The molecule has 100 valence electrons. The minimum absolute atomic E-state index is 0.645. The molecule has 0 radical (unpaired) electrons. The van der Waals surface area contributed by atoms with E-state index in [0.29, 0.717) is 12.1 Å². The van der Waals surface area contributed by atoms with Crippen LogP contribution in [0.25, 0.3) is 0 Å². The smallest absolute Gasteiger partial charge is 0.203 e. The van der Waals surface area contributed by atoms with Crippen molar-refractivity contribution in [2.24, 2.45) is 11.8 Å². The van der Waals surface area contributed by atoms with Crippen molar-refractivity contribution in [3.8, 4) is 0 Å². The predicted molar refractivity (Wildman–Crippen MR) is 74.8 cm³/mol. The number of imidazole rings is 1. The van der Waals surface area contributed by atoms with Crippen LogP contribution in [0.5, 0.6) is 0 Å². The van der Waals surface area contributed by atoms with Crippen LogP contribution in [0.4, 0.5) is 5.95 Å². The molecule has 0 amide bonds. The number of nitrogens with zero attached hydrogens (tertiary/aromatic N) is 2. The first-order chi connectivity index (χ1) is 8.61. The van der Waals surface area contributed by atoms with Gasteiger partial charge in [0.05, 0.1) is 5.69 Å². The van der Waals surface area contributed by atoms with Crippen LogP contribution in [0.3, 0.4) is 0 Å². The van der Waals surface area contributed by atoms with E-state index in [9.17, 15) is 0 Å². The van der Waals surface area contributed by atoms with E-state index in [1.54, 1.807) is 0 Å². The zero-order chi connectivity index (χ0) is 12.7. The normalized spacial score (nSPS) is 32.5. The van der Waals surface area contributed by atoms with Crippen LogP contribution in [0.1, 0.15) is 57.7 Å². The minimum atomic E-state index is 0.645. The van der Waals surface area contributed by atoms with Gasteiger partial charge < -0.3 is 9.88 Å². The molecule has 0 spiro atoms. The van der Waals surface area contributed by atoms with Gasteiger partial charge >= 0.3 is 0 Å². The number of hydrogen-bond acceptors (Lipinski definition) is 2. The van der Waals surface area contributed by atoms with E-state index in [1.807, 2.05) is 0 Å². The molecule has 0 bridgehead atoms. The Labute approximate surface area is 110 Å². The van der Waals surface area contributed by atoms with Crippen LogP contribution >= 0.6 is 0 Å². The quantitative estimate of drug-likeness (QED) is 0.881. The fourth-order valence-electron chi connectivity index (χ4n) is 3.44. The molecule has 0 aromatic carbocycles. The monoisotopic (exact) mass is 247 g/mol. The first kappa shape index (κ1) is 12.1. The van der Waals surface area contributed by atoms with E-state index in [4.69, 9.17) is 0 Å². The maximum Gasteiger partial charge on any atom is 0.203 e. The van der Waals surface area contributed by atoms with Crippen LogP contribution in [0.2, 0.25) is 0 Å². The van der Waals surface area contributed by atoms with Crippen LogP contribution in [0, 0.1) is 18.8 Å². The minimum Gasteiger partial charge on any atom is -0.353 e. The van der Waals surface area contributed by atoms with Gasteiger partial charge in [-0.25, -0.2) is 4.98 Å². The number of aromatic nitrogens is 2. The zero-order valence-corrected chi connectivity index (χ0v) is 11.8. The molecule has 0 aliphatic heterocycles. The summed E-state index contributed by atoms with van der Waals surface area (Å²) in [6.07, 6.45) is 8.85. The Hall–Kier alpha value is -0.990. The summed E-state index contributed by atoms with van der Waals surface area (Å²) in [6.45, 7) is 6.88. The third-order valence-electron chi connectivity index (χ3n) is 4.31. The summed E-state index contributed by atoms with van der Waals surface area (Å²) in [5.74, 6) is 2.80. The first-order valence-corrected chi connectivity index (χ1v) is 7.44. The molecule has 2 aliphatic carbocycles. The molecule has 1 aromatic rings. The lowest BCUT2D eigenvalue weighted by molar-refractivity contribution is 0.222. The van der Waals surface area contributed by atoms with E-state index in [0.717, 1.165) is 23.5 Å². The van der Waals surface area contributed by atoms with Gasteiger partial charge in [0, 0.05) is 18.3 Å². The summed E-state index contributed by atoms with van der Waals surface area (Å²) in [5.41, 5.74) is 1.14. The molecular formula is C15H25N3. The van der Waals surface area contributed by atoms with E-state index in [1.165, 1.54) is 32.1 Å². The van der Waals surface area contributed by atoms with E-state index < -0.39 is 0 Å². The van der Waals surface area contributed by atoms with Crippen LogP contribution < -0.4 is 5.32 Å². The van der Waals surface area contributed by atoms with E-state index in [-0.39, 0.29) is 0 Å². The average Bonchev–Trinajstić information content (AvgIpc) is 3.00. The second-order valence-corrected chi connectivity index (χ2v) is 6.60. The van der Waals surface area contributed by atoms with Crippen molar-refractivity contribution in [3.05, 3.63) is 11.9 Å². The van der Waals surface area contributed by atoms with Gasteiger partial charge in [-0.05, 0) is 50.9 Å². The van der Waals surface area contributed by atoms with Crippen molar-refractivity contribution in [1.82, 2.24) is 9.55 Å². The number of anilines is 1. The van der Waals surface area contributed by atoms with Gasteiger partial charge in [-0.1, -0.05) is 13.8 Å². The van der Waals surface area contributed by atoms with Crippen molar-refractivity contribution in [2.75, 3.05) is 5.32 Å². The van der Waals surface area contributed by atoms with Crippen LogP contribution in [-0.2, 0) is 0 Å². The van der Waals surface area contributed by atoms with Gasteiger partial charge in [-0.2, -0.15) is 0 Å². The molecule has 1 heterocycles. The number of aryl methyl sites for hydroxylation is 1. The molecule has 2 unspecified atom stereocenters. The topological polar surface area (TPSA) is 29.9 Å².